The first-order valence-electron chi connectivity index (χ1n) is 5.95. The number of benzene rings is 2. The molecule has 6 heteroatoms. The second-order valence-electron chi connectivity index (χ2n) is 4.06. The first-order chi connectivity index (χ1) is 9.51. The number of hydrogen-bond donors (Lipinski definition) is 2. The number of ether oxygens (including phenoxy) is 1. The van der Waals surface area contributed by atoms with Crippen LogP contribution in [-0.2, 0) is 0 Å². The van der Waals surface area contributed by atoms with Crippen molar-refractivity contribution in [3.63, 3.8) is 0 Å². The quantitative estimate of drug-likeness (QED) is 0.825. The van der Waals surface area contributed by atoms with E-state index in [2.05, 4.69) is 5.32 Å². The van der Waals surface area contributed by atoms with Crippen LogP contribution in [0.15, 0.2) is 30.3 Å². The summed E-state index contributed by atoms with van der Waals surface area (Å²) in [6, 6.07) is 6.80. The van der Waals surface area contributed by atoms with Crippen LogP contribution < -0.4 is 15.8 Å². The van der Waals surface area contributed by atoms with Crippen LogP contribution in [0.1, 0.15) is 6.92 Å². The second-order valence-corrected chi connectivity index (χ2v) is 4.46. The highest BCUT2D eigenvalue weighted by atomic mass is 35.5. The van der Waals surface area contributed by atoms with Gasteiger partial charge in [-0.3, -0.25) is 0 Å². The maximum atomic E-state index is 13.7. The molecule has 2 aromatic rings. The first kappa shape index (κ1) is 14.4. The van der Waals surface area contributed by atoms with Crippen LogP contribution in [0, 0.1) is 11.6 Å². The van der Waals surface area contributed by atoms with Crippen LogP contribution in [0.4, 0.5) is 25.8 Å². The van der Waals surface area contributed by atoms with Gasteiger partial charge in [0.05, 0.1) is 23.0 Å². The van der Waals surface area contributed by atoms with E-state index in [1.54, 1.807) is 13.0 Å². The van der Waals surface area contributed by atoms with Crippen LogP contribution in [-0.4, -0.2) is 6.61 Å². The molecule has 0 unspecified atom stereocenters. The van der Waals surface area contributed by atoms with Gasteiger partial charge in [-0.1, -0.05) is 11.6 Å². The van der Waals surface area contributed by atoms with Crippen LogP contribution >= 0.6 is 11.6 Å². The average molecular weight is 299 g/mol. The third-order valence-corrected chi connectivity index (χ3v) is 2.89. The molecule has 0 radical (unpaired) electrons. The molecule has 2 aromatic carbocycles. The molecular formula is C14H13ClF2N2O. The van der Waals surface area contributed by atoms with Gasteiger partial charge in [0.2, 0.25) is 0 Å². The Morgan fingerprint density at radius 3 is 2.60 bits per heavy atom. The Morgan fingerprint density at radius 1 is 1.20 bits per heavy atom. The van der Waals surface area contributed by atoms with Gasteiger partial charge in [-0.25, -0.2) is 8.78 Å². The van der Waals surface area contributed by atoms with Gasteiger partial charge in [-0.15, -0.1) is 0 Å². The van der Waals surface area contributed by atoms with Crippen molar-refractivity contribution >= 4 is 28.7 Å². The van der Waals surface area contributed by atoms with E-state index in [0.717, 1.165) is 6.07 Å². The Balaban J connectivity index is 2.26. The molecule has 0 aliphatic heterocycles. The molecule has 2 rings (SSSR count). The number of nitrogens with two attached hydrogens (primary N) is 1. The van der Waals surface area contributed by atoms with Crippen molar-refractivity contribution < 1.29 is 13.5 Å². The molecule has 0 aliphatic carbocycles. The molecule has 0 fully saturated rings. The number of rotatable bonds is 4. The van der Waals surface area contributed by atoms with Crippen molar-refractivity contribution in [2.75, 3.05) is 17.7 Å². The number of nitrogen functional groups attached to an aromatic ring is 1. The number of nitrogens with one attached hydrogen (secondary N) is 1. The summed E-state index contributed by atoms with van der Waals surface area (Å²) in [4.78, 5) is 0. The molecule has 3 N–H and O–H groups in total. The fourth-order valence-corrected chi connectivity index (χ4v) is 1.85. The Morgan fingerprint density at radius 2 is 1.95 bits per heavy atom. The van der Waals surface area contributed by atoms with Crippen LogP contribution in [0.5, 0.6) is 5.75 Å². The molecule has 0 amide bonds. The molecule has 0 spiro atoms. The summed E-state index contributed by atoms with van der Waals surface area (Å²) in [7, 11) is 0. The van der Waals surface area contributed by atoms with Gasteiger partial charge in [0.1, 0.15) is 5.82 Å². The van der Waals surface area contributed by atoms with Gasteiger partial charge in [-0.2, -0.15) is 0 Å². The van der Waals surface area contributed by atoms with Gasteiger partial charge < -0.3 is 15.8 Å². The number of anilines is 3. The molecule has 0 bridgehead atoms. The summed E-state index contributed by atoms with van der Waals surface area (Å²) < 4.78 is 32.2. The third-order valence-electron chi connectivity index (χ3n) is 2.60. The minimum Gasteiger partial charge on any atom is -0.491 e. The maximum Gasteiger partial charge on any atom is 0.167 e. The summed E-state index contributed by atoms with van der Waals surface area (Å²) in [6.45, 7) is 2.14. The van der Waals surface area contributed by atoms with Gasteiger partial charge >= 0.3 is 0 Å². The average Bonchev–Trinajstić information content (AvgIpc) is 2.39. The lowest BCUT2D eigenvalue weighted by molar-refractivity contribution is 0.321. The predicted octanol–water partition coefficient (Wildman–Crippen LogP) is 4.34. The minimum absolute atomic E-state index is 0.0640. The molecule has 0 heterocycles. The van der Waals surface area contributed by atoms with E-state index in [0.29, 0.717) is 18.0 Å². The molecule has 0 saturated carbocycles. The van der Waals surface area contributed by atoms with Gasteiger partial charge in [0.25, 0.3) is 0 Å². The SMILES string of the molecule is CCOc1ccc(Nc2cc(F)c(Cl)cc2N)cc1F. The van der Waals surface area contributed by atoms with Gasteiger partial charge in [0.15, 0.2) is 11.6 Å². The van der Waals surface area contributed by atoms with E-state index in [4.69, 9.17) is 22.1 Å². The molecule has 0 atom stereocenters. The van der Waals surface area contributed by atoms with Crippen molar-refractivity contribution in [2.24, 2.45) is 0 Å². The largest absolute Gasteiger partial charge is 0.491 e. The van der Waals surface area contributed by atoms with Crippen molar-refractivity contribution in [3.8, 4) is 5.75 Å². The smallest absolute Gasteiger partial charge is 0.167 e. The normalized spacial score (nSPS) is 10.4. The predicted molar refractivity (Wildman–Crippen MR) is 76.7 cm³/mol. The van der Waals surface area contributed by atoms with Crippen LogP contribution in [0.25, 0.3) is 0 Å². The number of hydrogen-bond acceptors (Lipinski definition) is 3. The van der Waals surface area contributed by atoms with E-state index in [-0.39, 0.29) is 16.5 Å². The van der Waals surface area contributed by atoms with Crippen LogP contribution in [0.3, 0.4) is 0 Å². The fraction of sp³-hybridized carbons (Fsp3) is 0.143. The second kappa shape index (κ2) is 5.96. The third kappa shape index (κ3) is 3.11. The molecule has 20 heavy (non-hydrogen) atoms. The Hall–Kier alpha value is -2.01. The Kier molecular flexibility index (Phi) is 4.29. The highest BCUT2D eigenvalue weighted by Gasteiger charge is 2.09. The zero-order chi connectivity index (χ0) is 14.7. The number of halogens is 3. The lowest BCUT2D eigenvalue weighted by Gasteiger charge is -2.11. The molecular weight excluding hydrogens is 286 g/mol. The van der Waals surface area contributed by atoms with Gasteiger partial charge in [-0.05, 0) is 25.1 Å². The summed E-state index contributed by atoms with van der Waals surface area (Å²) >= 11 is 5.61. The van der Waals surface area contributed by atoms with Crippen LogP contribution in [0.2, 0.25) is 5.02 Å². The Labute approximate surface area is 120 Å². The first-order valence-corrected chi connectivity index (χ1v) is 6.33. The molecule has 0 saturated heterocycles. The van der Waals surface area contributed by atoms with E-state index in [9.17, 15) is 8.78 Å². The van der Waals surface area contributed by atoms with E-state index in [1.165, 1.54) is 18.2 Å². The van der Waals surface area contributed by atoms with E-state index in [1.807, 2.05) is 0 Å². The van der Waals surface area contributed by atoms with E-state index < -0.39 is 11.6 Å². The van der Waals surface area contributed by atoms with Crippen molar-refractivity contribution in [2.45, 2.75) is 6.92 Å². The topological polar surface area (TPSA) is 47.3 Å². The zero-order valence-electron chi connectivity index (χ0n) is 10.7. The maximum absolute atomic E-state index is 13.7. The summed E-state index contributed by atoms with van der Waals surface area (Å²) in [5.74, 6) is -0.951. The van der Waals surface area contributed by atoms with Gasteiger partial charge in [0, 0.05) is 17.8 Å². The van der Waals surface area contributed by atoms with Crippen molar-refractivity contribution in [1.29, 1.82) is 0 Å². The highest BCUT2D eigenvalue weighted by molar-refractivity contribution is 6.31. The summed E-state index contributed by atoms with van der Waals surface area (Å²) in [5, 5.41) is 2.77. The highest BCUT2D eigenvalue weighted by Crippen LogP contribution is 2.30. The van der Waals surface area contributed by atoms with Crippen molar-refractivity contribution in [1.82, 2.24) is 0 Å². The summed E-state index contributed by atoms with van der Waals surface area (Å²) in [6.07, 6.45) is 0. The standard InChI is InChI=1S/C14H13ClF2N2O/c1-2-20-14-4-3-8(5-11(14)17)19-13-7-10(16)9(15)6-12(13)18/h3-7,19H,2,18H2,1H3. The molecule has 106 valence electrons. The molecule has 3 nitrogen and oxygen atoms in total. The Bertz CT molecular complexity index is 635. The monoisotopic (exact) mass is 298 g/mol. The molecule has 0 aliphatic rings. The molecule has 0 aromatic heterocycles. The summed E-state index contributed by atoms with van der Waals surface area (Å²) in [5.41, 5.74) is 6.74. The fourth-order valence-electron chi connectivity index (χ4n) is 1.68. The minimum atomic E-state index is -0.602. The zero-order valence-corrected chi connectivity index (χ0v) is 11.5. The van der Waals surface area contributed by atoms with Crippen molar-refractivity contribution in [3.05, 3.63) is 47.0 Å². The lowest BCUT2D eigenvalue weighted by atomic mass is 10.2. The van der Waals surface area contributed by atoms with E-state index >= 15 is 0 Å². The lowest BCUT2D eigenvalue weighted by Crippen LogP contribution is -1.99.